The van der Waals surface area contributed by atoms with Gasteiger partial charge < -0.3 is 15.3 Å². The normalized spacial score (nSPS) is 17.5. The molecule has 3 rings (SSSR count). The van der Waals surface area contributed by atoms with E-state index in [1.807, 2.05) is 60.7 Å². The predicted octanol–water partition coefficient (Wildman–Crippen LogP) is 2.36. The number of nitrogens with zero attached hydrogens (tertiary/aromatic N) is 1. The van der Waals surface area contributed by atoms with E-state index in [0.29, 0.717) is 38.8 Å². The van der Waals surface area contributed by atoms with E-state index in [1.54, 1.807) is 6.92 Å². The highest BCUT2D eigenvalue weighted by Gasteiger charge is 2.36. The summed E-state index contributed by atoms with van der Waals surface area (Å²) >= 11 is 0. The third kappa shape index (κ3) is 6.40. The molecule has 1 aliphatic heterocycles. The lowest BCUT2D eigenvalue weighted by atomic mass is 10.0. The molecule has 1 unspecified atom stereocenters. The maximum Gasteiger partial charge on any atom is 0.326 e. The zero-order valence-electron chi connectivity index (χ0n) is 18.4. The van der Waals surface area contributed by atoms with E-state index in [0.717, 1.165) is 11.1 Å². The summed E-state index contributed by atoms with van der Waals surface area (Å²) in [6.45, 7) is 2.52. The van der Waals surface area contributed by atoms with Gasteiger partial charge in [-0.1, -0.05) is 60.7 Å². The zero-order valence-corrected chi connectivity index (χ0v) is 18.4. The second-order valence-electron chi connectivity index (χ2n) is 8.20. The molecule has 0 saturated carbocycles. The van der Waals surface area contributed by atoms with Gasteiger partial charge in [0.05, 0.1) is 12.1 Å². The van der Waals surface area contributed by atoms with Crippen LogP contribution >= 0.6 is 0 Å². The number of aliphatic carboxylic acids is 1. The average Bonchev–Trinajstić information content (AvgIpc) is 3.31. The van der Waals surface area contributed by atoms with Crippen LogP contribution in [0.25, 0.3) is 0 Å². The molecule has 3 N–H and O–H groups in total. The summed E-state index contributed by atoms with van der Waals surface area (Å²) in [6.07, 6.45) is 2.33. The summed E-state index contributed by atoms with van der Waals surface area (Å²) in [4.78, 5) is 38.8. The summed E-state index contributed by atoms with van der Waals surface area (Å²) in [5.41, 5.74) is 2.10. The highest BCUT2D eigenvalue weighted by atomic mass is 16.4. The van der Waals surface area contributed by atoms with Gasteiger partial charge in [-0.3, -0.25) is 14.9 Å². The molecule has 3 atom stereocenters. The Morgan fingerprint density at radius 1 is 1.03 bits per heavy atom. The Labute approximate surface area is 188 Å². The number of carbonyl (C=O) groups is 3. The van der Waals surface area contributed by atoms with Crippen LogP contribution < -0.4 is 10.6 Å². The number of carboxylic acids is 1. The first-order valence-corrected chi connectivity index (χ1v) is 11.1. The van der Waals surface area contributed by atoms with Crippen LogP contribution in [-0.2, 0) is 27.3 Å². The van der Waals surface area contributed by atoms with Crippen LogP contribution in [0.1, 0.15) is 37.3 Å². The Hall–Kier alpha value is -3.19. The fourth-order valence-corrected chi connectivity index (χ4v) is 4.06. The largest absolute Gasteiger partial charge is 0.480 e. The highest BCUT2D eigenvalue weighted by Crippen LogP contribution is 2.19. The Morgan fingerprint density at radius 2 is 1.66 bits per heavy atom. The number of hydrogen-bond acceptors (Lipinski definition) is 4. The highest BCUT2D eigenvalue weighted by molar-refractivity contribution is 5.88. The smallest absolute Gasteiger partial charge is 0.326 e. The van der Waals surface area contributed by atoms with Crippen molar-refractivity contribution in [1.29, 1.82) is 0 Å². The molecule has 2 aromatic carbocycles. The van der Waals surface area contributed by atoms with Gasteiger partial charge >= 0.3 is 5.97 Å². The Kier molecular flexibility index (Phi) is 8.39. The number of carbonyl (C=O) groups excluding carboxylic acids is 2. The number of benzene rings is 2. The maximum absolute atomic E-state index is 13.0. The average molecular weight is 438 g/mol. The van der Waals surface area contributed by atoms with Crippen molar-refractivity contribution in [2.45, 2.75) is 57.3 Å². The molecule has 0 radical (unpaired) electrons. The van der Waals surface area contributed by atoms with Gasteiger partial charge in [-0.05, 0) is 43.7 Å². The molecule has 7 heteroatoms. The fourth-order valence-electron chi connectivity index (χ4n) is 4.06. The van der Waals surface area contributed by atoms with Crippen molar-refractivity contribution < 1.29 is 19.5 Å². The molecule has 32 heavy (non-hydrogen) atoms. The van der Waals surface area contributed by atoms with Crippen molar-refractivity contribution in [3.8, 4) is 0 Å². The molecule has 1 fully saturated rings. The quantitative estimate of drug-likeness (QED) is 0.530. The number of nitrogens with one attached hydrogen (secondary N) is 2. The topological polar surface area (TPSA) is 98.7 Å². The summed E-state index contributed by atoms with van der Waals surface area (Å²) < 4.78 is 0. The van der Waals surface area contributed by atoms with Gasteiger partial charge in [-0.2, -0.15) is 0 Å². The predicted molar refractivity (Wildman–Crippen MR) is 122 cm³/mol. The molecule has 2 amide bonds. The lowest BCUT2D eigenvalue weighted by Crippen LogP contribution is -2.54. The minimum atomic E-state index is -0.982. The van der Waals surface area contributed by atoms with Crippen LogP contribution in [0.15, 0.2) is 60.7 Å². The minimum Gasteiger partial charge on any atom is -0.480 e. The Morgan fingerprint density at radius 3 is 2.28 bits per heavy atom. The van der Waals surface area contributed by atoms with Crippen molar-refractivity contribution in [2.24, 2.45) is 0 Å². The molecule has 2 aromatic rings. The van der Waals surface area contributed by atoms with Gasteiger partial charge in [0.2, 0.25) is 11.8 Å². The molecule has 1 heterocycles. The second-order valence-corrected chi connectivity index (χ2v) is 8.20. The molecule has 1 aliphatic rings. The van der Waals surface area contributed by atoms with Crippen LogP contribution in [0.2, 0.25) is 0 Å². The lowest BCUT2D eigenvalue weighted by molar-refractivity contribution is -0.149. The summed E-state index contributed by atoms with van der Waals surface area (Å²) in [7, 11) is 0. The monoisotopic (exact) mass is 437 g/mol. The lowest BCUT2D eigenvalue weighted by Gasteiger charge is -2.28. The molecule has 1 saturated heterocycles. The Balaban J connectivity index is 1.65. The maximum atomic E-state index is 13.0. The van der Waals surface area contributed by atoms with E-state index in [2.05, 4.69) is 10.6 Å². The van der Waals surface area contributed by atoms with Gasteiger partial charge in [0.15, 0.2) is 0 Å². The first-order valence-electron chi connectivity index (χ1n) is 11.1. The standard InChI is InChI=1S/C25H31N3O4/c1-18(24(30)28-16-8-13-22(28)25(31)32)27-21(15-14-19-9-4-2-5-10-19)23(29)26-17-20-11-6-3-7-12-20/h2-7,9-12,18,21-22,27H,8,13-17H2,1H3,(H,26,29)(H,31,32)/t18-,21?,22-/m0/s1. The number of rotatable bonds is 10. The van der Waals surface area contributed by atoms with Gasteiger partial charge in [-0.25, -0.2) is 4.79 Å². The number of likely N-dealkylation sites (tertiary alicyclic amines) is 1. The molecule has 0 bridgehead atoms. The van der Waals surface area contributed by atoms with E-state index >= 15 is 0 Å². The summed E-state index contributed by atoms with van der Waals surface area (Å²) in [5, 5.41) is 15.5. The van der Waals surface area contributed by atoms with E-state index in [-0.39, 0.29) is 11.8 Å². The van der Waals surface area contributed by atoms with Gasteiger partial charge in [0, 0.05) is 13.1 Å². The molecule has 7 nitrogen and oxygen atoms in total. The van der Waals surface area contributed by atoms with Crippen LogP contribution in [-0.4, -0.2) is 52.5 Å². The first-order chi connectivity index (χ1) is 15.5. The molecule has 170 valence electrons. The molecule has 0 spiro atoms. The van der Waals surface area contributed by atoms with Crippen LogP contribution in [0, 0.1) is 0 Å². The first kappa shape index (κ1) is 23.5. The minimum absolute atomic E-state index is 0.180. The van der Waals surface area contributed by atoms with Gasteiger partial charge in [-0.15, -0.1) is 0 Å². The number of amides is 2. The SMILES string of the molecule is C[C@H](NC(CCc1ccccc1)C(=O)NCc1ccccc1)C(=O)N1CCC[C@H]1C(=O)O. The van der Waals surface area contributed by atoms with Crippen molar-refractivity contribution in [2.75, 3.05) is 6.54 Å². The molecule has 0 aromatic heterocycles. The number of aryl methyl sites for hydroxylation is 1. The number of hydrogen-bond donors (Lipinski definition) is 3. The molecule has 0 aliphatic carbocycles. The van der Waals surface area contributed by atoms with E-state index in [4.69, 9.17) is 0 Å². The second kappa shape index (κ2) is 11.4. The van der Waals surface area contributed by atoms with Crippen LogP contribution in [0.4, 0.5) is 0 Å². The Bertz CT molecular complexity index is 904. The van der Waals surface area contributed by atoms with Gasteiger partial charge in [0.25, 0.3) is 0 Å². The molecular weight excluding hydrogens is 406 g/mol. The van der Waals surface area contributed by atoms with Crippen LogP contribution in [0.3, 0.4) is 0 Å². The van der Waals surface area contributed by atoms with Crippen molar-refractivity contribution in [3.05, 3.63) is 71.8 Å². The van der Waals surface area contributed by atoms with Crippen molar-refractivity contribution in [1.82, 2.24) is 15.5 Å². The third-order valence-electron chi connectivity index (χ3n) is 5.83. The zero-order chi connectivity index (χ0) is 22.9. The summed E-state index contributed by atoms with van der Waals surface area (Å²) in [5.74, 6) is -1.44. The number of carboxylic acid groups (broad SMARTS) is 1. The van der Waals surface area contributed by atoms with E-state index in [9.17, 15) is 19.5 Å². The van der Waals surface area contributed by atoms with Crippen LogP contribution in [0.5, 0.6) is 0 Å². The third-order valence-corrected chi connectivity index (χ3v) is 5.83. The van der Waals surface area contributed by atoms with E-state index in [1.165, 1.54) is 4.90 Å². The summed E-state index contributed by atoms with van der Waals surface area (Å²) in [6, 6.07) is 17.5. The van der Waals surface area contributed by atoms with Crippen molar-refractivity contribution in [3.63, 3.8) is 0 Å². The molecular formula is C25H31N3O4. The van der Waals surface area contributed by atoms with E-state index < -0.39 is 24.1 Å². The fraction of sp³-hybridized carbons (Fsp3) is 0.400. The van der Waals surface area contributed by atoms with Crippen molar-refractivity contribution >= 4 is 17.8 Å². The van der Waals surface area contributed by atoms with Gasteiger partial charge in [0.1, 0.15) is 6.04 Å².